The molecule has 73 heavy (non-hydrogen) atoms. The van der Waals surface area contributed by atoms with Crippen molar-refractivity contribution in [1.82, 2.24) is 5.32 Å². The van der Waals surface area contributed by atoms with E-state index in [2.05, 4.69) is 104 Å². The third-order valence-corrected chi connectivity index (χ3v) is 14.4. The van der Waals surface area contributed by atoms with Crippen LogP contribution in [0, 0.1) is 0 Å². The Bertz CT molecular complexity index is 1460. The van der Waals surface area contributed by atoms with E-state index in [1.165, 1.54) is 161 Å². The van der Waals surface area contributed by atoms with Crippen molar-refractivity contribution in [3.05, 3.63) is 85.1 Å². The summed E-state index contributed by atoms with van der Waals surface area (Å²) in [4.78, 5) is 23.3. The van der Waals surface area contributed by atoms with Crippen LogP contribution >= 0.6 is 7.82 Å². The Morgan fingerprint density at radius 2 is 0.808 bits per heavy atom. The SMILES string of the molecule is CC/C=C\C/C=C\C/C=C\C/C=C\C/C=C\C/C=C\C/C=C\CCCC(=O)NC(COP(=O)(O)OCC[N+](C)(C)C)C(O)CCCCCCCCCCCCCCCCCCCCCCCCCCCCCC. The molecule has 0 aliphatic rings. The molecule has 0 saturated carbocycles. The Kier molecular flexibility index (Phi) is 52.7. The fourth-order valence-electron chi connectivity index (χ4n) is 8.68. The Labute approximate surface area is 452 Å². The van der Waals surface area contributed by atoms with Crippen LogP contribution in [0.5, 0.6) is 0 Å². The zero-order chi connectivity index (χ0) is 53.5. The standard InChI is InChI=1S/C64H117N2O6P/c1-6-8-10-12-14-16-18-20-22-24-26-28-30-31-32-33-34-36-37-39-41-43-45-47-49-51-53-55-57-63(67)62(61-72-73(69,70)71-60-59-66(3,4)5)65-64(68)58-56-54-52-50-48-46-44-42-40-38-35-29-27-25-23-21-19-17-15-13-11-9-7-2/h9,11,15,17,21,23,27,29,38,40,44,46,50,52,62-63,67H,6-8,10,12-14,16,18-20,22,24-26,28,30-37,39,41-43,45,47-49,51,53-61H2,1-5H3,(H-,65,68,69,70)/p+1/b11-9-,17-15-,23-21-,29-27-,40-38-,46-44-,52-50-. The highest BCUT2D eigenvalue weighted by molar-refractivity contribution is 7.47. The van der Waals surface area contributed by atoms with E-state index in [1.54, 1.807) is 0 Å². The maximum atomic E-state index is 13.0. The topological polar surface area (TPSA) is 105 Å². The zero-order valence-corrected chi connectivity index (χ0v) is 49.3. The lowest BCUT2D eigenvalue weighted by molar-refractivity contribution is -0.870. The number of carbonyl (C=O) groups is 1. The molecule has 424 valence electrons. The lowest BCUT2D eigenvalue weighted by atomic mass is 10.0. The molecule has 0 heterocycles. The third kappa shape index (κ3) is 57.2. The van der Waals surface area contributed by atoms with Crippen LogP contribution in [0.25, 0.3) is 0 Å². The van der Waals surface area contributed by atoms with E-state index in [-0.39, 0.29) is 19.1 Å². The maximum Gasteiger partial charge on any atom is 0.472 e. The largest absolute Gasteiger partial charge is 0.472 e. The number of phosphoric ester groups is 1. The minimum Gasteiger partial charge on any atom is -0.391 e. The molecule has 0 saturated heterocycles. The molecule has 0 aromatic carbocycles. The van der Waals surface area contributed by atoms with Gasteiger partial charge in [0, 0.05) is 6.42 Å². The lowest BCUT2D eigenvalue weighted by Crippen LogP contribution is -2.46. The summed E-state index contributed by atoms with van der Waals surface area (Å²) >= 11 is 0. The molecule has 0 aromatic heterocycles. The smallest absolute Gasteiger partial charge is 0.391 e. The van der Waals surface area contributed by atoms with Gasteiger partial charge in [0.1, 0.15) is 13.2 Å². The molecule has 0 aliphatic heterocycles. The van der Waals surface area contributed by atoms with Crippen LogP contribution in [0.2, 0.25) is 0 Å². The fraction of sp³-hybridized carbons (Fsp3) is 0.766. The van der Waals surface area contributed by atoms with E-state index in [1.807, 2.05) is 21.1 Å². The first-order chi connectivity index (χ1) is 35.5. The minimum absolute atomic E-state index is 0.0596. The number of hydrogen-bond donors (Lipinski definition) is 3. The molecule has 9 heteroatoms. The number of amides is 1. The van der Waals surface area contributed by atoms with Crippen molar-refractivity contribution in [2.24, 2.45) is 0 Å². The summed E-state index contributed by atoms with van der Waals surface area (Å²) < 4.78 is 23.8. The van der Waals surface area contributed by atoms with Gasteiger partial charge in [-0.1, -0.05) is 279 Å². The third-order valence-electron chi connectivity index (χ3n) is 13.4. The van der Waals surface area contributed by atoms with Gasteiger partial charge >= 0.3 is 7.82 Å². The maximum absolute atomic E-state index is 13.0. The summed E-state index contributed by atoms with van der Waals surface area (Å²) in [5.41, 5.74) is 0. The lowest BCUT2D eigenvalue weighted by Gasteiger charge is -2.26. The Morgan fingerprint density at radius 1 is 0.479 bits per heavy atom. The highest BCUT2D eigenvalue weighted by Crippen LogP contribution is 2.43. The average molecular weight is 1040 g/mol. The van der Waals surface area contributed by atoms with Crippen molar-refractivity contribution in [2.75, 3.05) is 40.9 Å². The van der Waals surface area contributed by atoms with Crippen molar-refractivity contribution in [2.45, 2.75) is 276 Å². The molecule has 0 spiro atoms. The number of carbonyl (C=O) groups excluding carboxylic acids is 1. The van der Waals surface area contributed by atoms with E-state index in [0.717, 1.165) is 70.6 Å². The Morgan fingerprint density at radius 3 is 1.15 bits per heavy atom. The van der Waals surface area contributed by atoms with Crippen LogP contribution in [-0.4, -0.2) is 73.4 Å². The van der Waals surface area contributed by atoms with Gasteiger partial charge in [-0.2, -0.15) is 0 Å². The molecule has 3 N–H and O–H groups in total. The van der Waals surface area contributed by atoms with Crippen LogP contribution in [0.15, 0.2) is 85.1 Å². The summed E-state index contributed by atoms with van der Waals surface area (Å²) in [7, 11) is 1.57. The van der Waals surface area contributed by atoms with Crippen LogP contribution in [-0.2, 0) is 18.4 Å². The molecule has 0 radical (unpaired) electrons. The number of aliphatic hydroxyl groups excluding tert-OH is 1. The number of nitrogens with zero attached hydrogens (tertiary/aromatic N) is 1. The molecule has 3 unspecified atom stereocenters. The second-order valence-electron chi connectivity index (χ2n) is 21.7. The molecule has 8 nitrogen and oxygen atoms in total. The molecule has 3 atom stereocenters. The van der Waals surface area contributed by atoms with Crippen molar-refractivity contribution < 1.29 is 32.9 Å². The molecule has 0 aromatic rings. The molecule has 0 fully saturated rings. The van der Waals surface area contributed by atoms with Crippen LogP contribution in [0.3, 0.4) is 0 Å². The first-order valence-corrected chi connectivity index (χ1v) is 31.9. The van der Waals surface area contributed by atoms with Crippen LogP contribution in [0.1, 0.15) is 264 Å². The summed E-state index contributed by atoms with van der Waals surface area (Å²) in [5.74, 6) is -0.202. The average Bonchev–Trinajstić information content (AvgIpc) is 3.35. The van der Waals surface area contributed by atoms with E-state index in [0.29, 0.717) is 30.3 Å². The predicted molar refractivity (Wildman–Crippen MR) is 318 cm³/mol. The first kappa shape index (κ1) is 70.7. The van der Waals surface area contributed by atoms with Crippen LogP contribution < -0.4 is 5.32 Å². The van der Waals surface area contributed by atoms with E-state index < -0.39 is 20.0 Å². The number of quaternary nitrogens is 1. The monoisotopic (exact) mass is 1040 g/mol. The van der Waals surface area contributed by atoms with Gasteiger partial charge in [0.15, 0.2) is 0 Å². The predicted octanol–water partition coefficient (Wildman–Crippen LogP) is 18.8. The molecular weight excluding hydrogens is 924 g/mol. The zero-order valence-electron chi connectivity index (χ0n) is 48.4. The number of rotatable bonds is 55. The normalized spacial score (nSPS) is 14.5. The highest BCUT2D eigenvalue weighted by atomic mass is 31.2. The van der Waals surface area contributed by atoms with E-state index in [4.69, 9.17) is 9.05 Å². The Hall–Kier alpha value is -2.32. The number of hydrogen-bond acceptors (Lipinski definition) is 5. The van der Waals surface area contributed by atoms with Crippen LogP contribution in [0.4, 0.5) is 0 Å². The van der Waals surface area contributed by atoms with Gasteiger partial charge in [0.2, 0.25) is 5.91 Å². The van der Waals surface area contributed by atoms with Gasteiger partial charge in [-0.25, -0.2) is 4.57 Å². The summed E-state index contributed by atoms with van der Waals surface area (Å²) in [6.07, 6.45) is 76.7. The highest BCUT2D eigenvalue weighted by Gasteiger charge is 2.28. The van der Waals surface area contributed by atoms with Gasteiger partial charge in [-0.05, 0) is 64.2 Å². The number of likely N-dealkylation sites (N-methyl/N-ethyl adjacent to an activating group) is 1. The fourth-order valence-corrected chi connectivity index (χ4v) is 9.42. The number of phosphoric acid groups is 1. The van der Waals surface area contributed by atoms with E-state index in [9.17, 15) is 19.4 Å². The van der Waals surface area contributed by atoms with Gasteiger partial charge in [0.05, 0.1) is 39.9 Å². The van der Waals surface area contributed by atoms with Gasteiger partial charge in [-0.3, -0.25) is 13.8 Å². The summed E-state index contributed by atoms with van der Waals surface area (Å²) in [5, 5.41) is 14.1. The molecule has 0 aliphatic carbocycles. The quantitative estimate of drug-likeness (QED) is 0.0243. The molecule has 0 bridgehead atoms. The molecular formula is C64H118N2O6P+. The van der Waals surface area contributed by atoms with Crippen molar-refractivity contribution in [3.63, 3.8) is 0 Å². The summed E-state index contributed by atoms with van der Waals surface area (Å²) in [6, 6.07) is -0.799. The number of unbranched alkanes of at least 4 members (excludes halogenated alkanes) is 28. The summed E-state index contributed by atoms with van der Waals surface area (Å²) in [6.45, 7) is 4.75. The van der Waals surface area contributed by atoms with Crippen molar-refractivity contribution in [3.8, 4) is 0 Å². The number of aliphatic hydroxyl groups is 1. The molecule has 0 rings (SSSR count). The van der Waals surface area contributed by atoms with Gasteiger partial charge < -0.3 is 19.8 Å². The number of nitrogens with one attached hydrogen (secondary N) is 1. The minimum atomic E-state index is -4.35. The Balaban J connectivity index is 4.22. The van der Waals surface area contributed by atoms with Gasteiger partial charge in [-0.15, -0.1) is 0 Å². The van der Waals surface area contributed by atoms with Gasteiger partial charge in [0.25, 0.3) is 0 Å². The molecule has 1 amide bonds. The second kappa shape index (κ2) is 54.5. The van der Waals surface area contributed by atoms with E-state index >= 15 is 0 Å². The first-order valence-electron chi connectivity index (χ1n) is 30.5. The second-order valence-corrected chi connectivity index (χ2v) is 23.2. The van der Waals surface area contributed by atoms with Crippen molar-refractivity contribution >= 4 is 13.7 Å². The van der Waals surface area contributed by atoms with Crippen molar-refractivity contribution in [1.29, 1.82) is 0 Å². The number of allylic oxidation sites excluding steroid dienone is 14.